The topological polar surface area (TPSA) is 37.3 Å². The Bertz CT molecular complexity index is 146. The van der Waals surface area contributed by atoms with E-state index in [1.165, 1.54) is 19.3 Å². The van der Waals surface area contributed by atoms with E-state index in [0.29, 0.717) is 6.42 Å². The second-order valence-corrected chi connectivity index (χ2v) is 3.85. The average molecular weight is 170 g/mol. The summed E-state index contributed by atoms with van der Waals surface area (Å²) in [6.45, 7) is 1.68. The predicted molar refractivity (Wildman–Crippen MR) is 47.9 cm³/mol. The van der Waals surface area contributed by atoms with Crippen LogP contribution in [-0.4, -0.2) is 17.0 Å². The molecule has 70 valence electrons. The molecule has 1 unspecified atom stereocenters. The summed E-state index contributed by atoms with van der Waals surface area (Å²) in [5.41, 5.74) is 0. The minimum Gasteiger partial charge on any atom is -0.393 e. The molecule has 1 rings (SSSR count). The van der Waals surface area contributed by atoms with Crippen molar-refractivity contribution in [1.29, 1.82) is 0 Å². The monoisotopic (exact) mass is 170 g/mol. The number of aliphatic hydroxyl groups excluding tert-OH is 1. The molecule has 0 amide bonds. The van der Waals surface area contributed by atoms with E-state index in [-0.39, 0.29) is 11.7 Å². The largest absolute Gasteiger partial charge is 0.393 e. The van der Waals surface area contributed by atoms with Crippen LogP contribution in [0.15, 0.2) is 0 Å². The first-order valence-electron chi connectivity index (χ1n) is 4.91. The van der Waals surface area contributed by atoms with Crippen LogP contribution in [-0.2, 0) is 4.79 Å². The smallest absolute Gasteiger partial charge is 0.138 e. The second kappa shape index (κ2) is 4.61. The van der Waals surface area contributed by atoms with Gasteiger partial charge in [0.25, 0.3) is 0 Å². The lowest BCUT2D eigenvalue weighted by Gasteiger charge is -2.20. The van der Waals surface area contributed by atoms with Crippen LogP contribution >= 0.6 is 0 Å². The Kier molecular flexibility index (Phi) is 3.73. The summed E-state index contributed by atoms with van der Waals surface area (Å²) in [4.78, 5) is 11.4. The Balaban J connectivity index is 2.30. The lowest BCUT2D eigenvalue weighted by Crippen LogP contribution is -2.21. The maximum atomic E-state index is 11.4. The normalized spacial score (nSPS) is 22.2. The Morgan fingerprint density at radius 1 is 1.42 bits per heavy atom. The summed E-state index contributed by atoms with van der Waals surface area (Å²) < 4.78 is 0. The first-order chi connectivity index (χ1) is 5.70. The number of carbonyl (C=O) groups is 1. The van der Waals surface area contributed by atoms with Gasteiger partial charge in [-0.15, -0.1) is 0 Å². The molecule has 0 aromatic heterocycles. The molecule has 0 aliphatic heterocycles. The van der Waals surface area contributed by atoms with Crippen LogP contribution in [0.1, 0.15) is 45.4 Å². The molecular weight excluding hydrogens is 152 g/mol. The molecule has 1 saturated carbocycles. The molecule has 2 heteroatoms. The van der Waals surface area contributed by atoms with Gasteiger partial charge in [0.05, 0.1) is 6.10 Å². The van der Waals surface area contributed by atoms with Crippen LogP contribution in [0.5, 0.6) is 0 Å². The number of hydrogen-bond acceptors (Lipinski definition) is 2. The zero-order valence-electron chi connectivity index (χ0n) is 7.75. The second-order valence-electron chi connectivity index (χ2n) is 3.85. The van der Waals surface area contributed by atoms with Gasteiger partial charge in [0.2, 0.25) is 0 Å². The molecule has 1 aliphatic rings. The number of carbonyl (C=O) groups excluding carboxylic acids is 1. The molecule has 0 radical (unpaired) electrons. The van der Waals surface area contributed by atoms with E-state index >= 15 is 0 Å². The quantitative estimate of drug-likeness (QED) is 0.702. The van der Waals surface area contributed by atoms with Crippen molar-refractivity contribution < 1.29 is 9.90 Å². The summed E-state index contributed by atoms with van der Waals surface area (Å²) in [5, 5.41) is 9.03. The third-order valence-electron chi connectivity index (χ3n) is 2.56. The van der Waals surface area contributed by atoms with Gasteiger partial charge in [0.1, 0.15) is 5.78 Å². The predicted octanol–water partition coefficient (Wildman–Crippen LogP) is 1.91. The maximum absolute atomic E-state index is 11.4. The van der Waals surface area contributed by atoms with Gasteiger partial charge < -0.3 is 5.11 Å². The van der Waals surface area contributed by atoms with Gasteiger partial charge in [-0.25, -0.2) is 0 Å². The minimum atomic E-state index is -0.459. The number of Topliss-reactive ketones (excluding diaryl/α,β-unsaturated/α-hetero) is 1. The fourth-order valence-electron chi connectivity index (χ4n) is 1.88. The molecule has 12 heavy (non-hydrogen) atoms. The van der Waals surface area contributed by atoms with Gasteiger partial charge in [-0.1, -0.05) is 19.3 Å². The van der Waals surface area contributed by atoms with E-state index in [0.717, 1.165) is 12.8 Å². The third-order valence-corrected chi connectivity index (χ3v) is 2.56. The number of aliphatic hydroxyl groups is 1. The molecule has 1 N–H and O–H groups in total. The van der Waals surface area contributed by atoms with E-state index in [1.54, 1.807) is 6.92 Å². The van der Waals surface area contributed by atoms with Crippen molar-refractivity contribution in [2.75, 3.05) is 0 Å². The van der Waals surface area contributed by atoms with Crippen molar-refractivity contribution in [2.45, 2.75) is 51.6 Å². The van der Waals surface area contributed by atoms with Gasteiger partial charge >= 0.3 is 0 Å². The lowest BCUT2D eigenvalue weighted by atomic mass is 9.85. The SMILES string of the molecule is CC(O)CC(=O)C1CCCCC1. The highest BCUT2D eigenvalue weighted by Crippen LogP contribution is 2.25. The summed E-state index contributed by atoms with van der Waals surface area (Å²) in [6.07, 6.45) is 5.64. The van der Waals surface area contributed by atoms with Crippen LogP contribution < -0.4 is 0 Å². The Hall–Kier alpha value is -0.370. The molecule has 1 atom stereocenters. The summed E-state index contributed by atoms with van der Waals surface area (Å²) in [5.74, 6) is 0.526. The van der Waals surface area contributed by atoms with Gasteiger partial charge in [0.15, 0.2) is 0 Å². The van der Waals surface area contributed by atoms with Crippen molar-refractivity contribution in [3.63, 3.8) is 0 Å². The van der Waals surface area contributed by atoms with Crippen molar-refractivity contribution in [2.24, 2.45) is 5.92 Å². The Labute approximate surface area is 74.0 Å². The van der Waals surface area contributed by atoms with Crippen LogP contribution in [0.2, 0.25) is 0 Å². The van der Waals surface area contributed by atoms with E-state index in [9.17, 15) is 4.79 Å². The molecule has 0 aromatic rings. The molecular formula is C10H18O2. The zero-order chi connectivity index (χ0) is 8.97. The number of rotatable bonds is 3. The summed E-state index contributed by atoms with van der Waals surface area (Å²) in [6, 6.07) is 0. The number of ketones is 1. The van der Waals surface area contributed by atoms with Crippen LogP contribution in [0.25, 0.3) is 0 Å². The summed E-state index contributed by atoms with van der Waals surface area (Å²) >= 11 is 0. The Morgan fingerprint density at radius 3 is 2.50 bits per heavy atom. The molecule has 0 saturated heterocycles. The highest BCUT2D eigenvalue weighted by Gasteiger charge is 2.21. The molecule has 1 fully saturated rings. The molecule has 0 bridgehead atoms. The van der Waals surface area contributed by atoms with Crippen molar-refractivity contribution in [3.05, 3.63) is 0 Å². The van der Waals surface area contributed by atoms with Crippen molar-refractivity contribution in [3.8, 4) is 0 Å². The van der Waals surface area contributed by atoms with Crippen molar-refractivity contribution in [1.82, 2.24) is 0 Å². The average Bonchev–Trinajstić information content (AvgIpc) is 2.05. The molecule has 0 heterocycles. The number of hydrogen-bond donors (Lipinski definition) is 1. The molecule has 1 aliphatic carbocycles. The van der Waals surface area contributed by atoms with Crippen LogP contribution in [0.3, 0.4) is 0 Å². The Morgan fingerprint density at radius 2 is 2.00 bits per heavy atom. The first-order valence-corrected chi connectivity index (χ1v) is 4.91. The lowest BCUT2D eigenvalue weighted by molar-refractivity contribution is -0.125. The third kappa shape index (κ3) is 2.94. The van der Waals surface area contributed by atoms with Gasteiger partial charge in [-0.2, -0.15) is 0 Å². The van der Waals surface area contributed by atoms with Gasteiger partial charge in [-0.3, -0.25) is 4.79 Å². The fourth-order valence-corrected chi connectivity index (χ4v) is 1.88. The van der Waals surface area contributed by atoms with E-state index < -0.39 is 6.10 Å². The highest BCUT2D eigenvalue weighted by molar-refractivity contribution is 5.81. The molecule has 2 nitrogen and oxygen atoms in total. The van der Waals surface area contributed by atoms with E-state index in [4.69, 9.17) is 5.11 Å². The molecule has 0 aromatic carbocycles. The summed E-state index contributed by atoms with van der Waals surface area (Å²) in [7, 11) is 0. The zero-order valence-corrected chi connectivity index (χ0v) is 7.75. The van der Waals surface area contributed by atoms with E-state index in [2.05, 4.69) is 0 Å². The van der Waals surface area contributed by atoms with Gasteiger partial charge in [0, 0.05) is 12.3 Å². The maximum Gasteiger partial charge on any atom is 0.138 e. The van der Waals surface area contributed by atoms with E-state index in [1.807, 2.05) is 0 Å². The molecule has 0 spiro atoms. The van der Waals surface area contributed by atoms with Crippen molar-refractivity contribution >= 4 is 5.78 Å². The van der Waals surface area contributed by atoms with Crippen LogP contribution in [0.4, 0.5) is 0 Å². The van der Waals surface area contributed by atoms with Gasteiger partial charge in [-0.05, 0) is 19.8 Å². The minimum absolute atomic E-state index is 0.258. The first kappa shape index (κ1) is 9.72. The fraction of sp³-hybridized carbons (Fsp3) is 0.900. The van der Waals surface area contributed by atoms with Crippen LogP contribution in [0, 0.1) is 5.92 Å². The highest BCUT2D eigenvalue weighted by atomic mass is 16.3. The standard InChI is InChI=1S/C10H18O2/c1-8(11)7-10(12)9-5-3-2-4-6-9/h8-9,11H,2-7H2,1H3.